The molecule has 0 unspecified atom stereocenters. The van der Waals surface area contributed by atoms with Crippen molar-refractivity contribution in [3.8, 4) is 17.1 Å². The summed E-state index contributed by atoms with van der Waals surface area (Å²) >= 11 is 0. The summed E-state index contributed by atoms with van der Waals surface area (Å²) in [5, 5.41) is 7.37. The number of aryl methyl sites for hydroxylation is 1. The van der Waals surface area contributed by atoms with Gasteiger partial charge in [-0.15, -0.1) is 0 Å². The maximum atomic E-state index is 13.4. The van der Waals surface area contributed by atoms with E-state index in [-0.39, 0.29) is 12.3 Å². The minimum atomic E-state index is -0.413. The molecule has 0 aliphatic rings. The zero-order valence-corrected chi connectivity index (χ0v) is 17.7. The highest BCUT2D eigenvalue weighted by molar-refractivity contribution is 5.92. The van der Waals surface area contributed by atoms with Gasteiger partial charge in [-0.3, -0.25) is 14.8 Å². The first-order valence-corrected chi connectivity index (χ1v) is 10.3. The third kappa shape index (κ3) is 4.45. The molecule has 0 saturated heterocycles. The van der Waals surface area contributed by atoms with E-state index < -0.39 is 5.82 Å². The first-order chi connectivity index (χ1) is 16.0. The molecule has 5 rings (SSSR count). The van der Waals surface area contributed by atoms with Crippen LogP contribution in [0, 0.1) is 12.7 Å². The van der Waals surface area contributed by atoms with Crippen molar-refractivity contribution in [1.82, 2.24) is 24.7 Å². The molecule has 1 amide bonds. The highest BCUT2D eigenvalue weighted by Gasteiger charge is 2.16. The number of hydrogen-bond acceptors (Lipinski definition) is 5. The summed E-state index contributed by atoms with van der Waals surface area (Å²) in [4.78, 5) is 25.9. The predicted octanol–water partition coefficient (Wildman–Crippen LogP) is 4.51. The molecule has 0 atom stereocenters. The molecule has 0 spiro atoms. The number of anilines is 1. The monoisotopic (exact) mass is 438 g/mol. The molecule has 162 valence electrons. The molecule has 0 aliphatic carbocycles. The van der Waals surface area contributed by atoms with Crippen LogP contribution in [0.15, 0.2) is 79.1 Å². The van der Waals surface area contributed by atoms with E-state index in [1.807, 2.05) is 49.4 Å². The highest BCUT2D eigenvalue weighted by Crippen LogP contribution is 2.26. The van der Waals surface area contributed by atoms with Gasteiger partial charge in [0.05, 0.1) is 28.8 Å². The van der Waals surface area contributed by atoms with Gasteiger partial charge in [-0.25, -0.2) is 14.1 Å². The number of fused-ring (bicyclic) bond motifs is 1. The van der Waals surface area contributed by atoms with Gasteiger partial charge < -0.3 is 5.32 Å². The van der Waals surface area contributed by atoms with E-state index >= 15 is 0 Å². The second-order valence-electron chi connectivity index (χ2n) is 7.57. The minimum Gasteiger partial charge on any atom is -0.326 e. The van der Waals surface area contributed by atoms with Crippen molar-refractivity contribution in [1.29, 1.82) is 0 Å². The molecular formula is C25H19FN6O. The van der Waals surface area contributed by atoms with E-state index in [4.69, 9.17) is 0 Å². The van der Waals surface area contributed by atoms with Crippen LogP contribution in [0.3, 0.4) is 0 Å². The van der Waals surface area contributed by atoms with Crippen LogP contribution in [0.25, 0.3) is 28.1 Å². The lowest BCUT2D eigenvalue weighted by Gasteiger charge is -2.08. The summed E-state index contributed by atoms with van der Waals surface area (Å²) in [5.74, 6) is -0.0660. The Balaban J connectivity index is 1.52. The van der Waals surface area contributed by atoms with Crippen molar-refractivity contribution >= 4 is 22.6 Å². The van der Waals surface area contributed by atoms with E-state index in [1.54, 1.807) is 29.2 Å². The van der Waals surface area contributed by atoms with Gasteiger partial charge >= 0.3 is 0 Å². The van der Waals surface area contributed by atoms with Crippen LogP contribution in [-0.4, -0.2) is 30.6 Å². The van der Waals surface area contributed by atoms with Crippen LogP contribution in [0.5, 0.6) is 0 Å². The fraction of sp³-hybridized carbons (Fsp3) is 0.0800. The molecule has 0 saturated carbocycles. The van der Waals surface area contributed by atoms with Gasteiger partial charge in [-0.2, -0.15) is 5.10 Å². The van der Waals surface area contributed by atoms with Crippen LogP contribution in [0.4, 0.5) is 10.1 Å². The lowest BCUT2D eigenvalue weighted by atomic mass is 10.1. The molecule has 7 nitrogen and oxygen atoms in total. The van der Waals surface area contributed by atoms with Crippen molar-refractivity contribution in [3.05, 3.63) is 96.3 Å². The number of nitrogens with zero attached hydrogens (tertiary/aromatic N) is 5. The quantitative estimate of drug-likeness (QED) is 0.437. The third-order valence-corrected chi connectivity index (χ3v) is 5.07. The van der Waals surface area contributed by atoms with Crippen molar-refractivity contribution < 1.29 is 9.18 Å². The number of benzene rings is 2. The first kappa shape index (κ1) is 20.4. The number of hydrogen-bond donors (Lipinski definition) is 1. The van der Waals surface area contributed by atoms with Gasteiger partial charge in [-0.05, 0) is 55.5 Å². The fourth-order valence-corrected chi connectivity index (χ4v) is 3.60. The largest absolute Gasteiger partial charge is 0.326 e. The molecule has 1 N–H and O–H groups in total. The van der Waals surface area contributed by atoms with Crippen molar-refractivity contribution in [2.75, 3.05) is 5.32 Å². The summed E-state index contributed by atoms with van der Waals surface area (Å²) in [5.41, 5.74) is 4.99. The van der Waals surface area contributed by atoms with E-state index in [2.05, 4.69) is 25.4 Å². The second-order valence-corrected chi connectivity index (χ2v) is 7.57. The Bertz CT molecular complexity index is 1480. The Morgan fingerprint density at radius 2 is 1.79 bits per heavy atom. The molecule has 0 bridgehead atoms. The highest BCUT2D eigenvalue weighted by atomic mass is 19.1. The van der Waals surface area contributed by atoms with Crippen LogP contribution in [0.2, 0.25) is 0 Å². The van der Waals surface area contributed by atoms with E-state index in [1.165, 1.54) is 12.1 Å². The Morgan fingerprint density at radius 3 is 2.61 bits per heavy atom. The molecule has 5 aromatic rings. The molecule has 2 aromatic carbocycles. The van der Waals surface area contributed by atoms with Gasteiger partial charge in [0.15, 0.2) is 5.82 Å². The number of carbonyl (C=O) groups excluding carboxylic acids is 1. The van der Waals surface area contributed by atoms with Crippen molar-refractivity contribution in [2.24, 2.45) is 0 Å². The lowest BCUT2D eigenvalue weighted by molar-refractivity contribution is -0.115. The van der Waals surface area contributed by atoms with Crippen LogP contribution in [-0.2, 0) is 11.2 Å². The van der Waals surface area contributed by atoms with Crippen molar-refractivity contribution in [2.45, 2.75) is 13.3 Å². The number of carbonyl (C=O) groups is 1. The smallest absolute Gasteiger partial charge is 0.230 e. The van der Waals surface area contributed by atoms with Gasteiger partial charge in [0.1, 0.15) is 5.82 Å². The molecule has 0 aliphatic heterocycles. The third-order valence-electron chi connectivity index (χ3n) is 5.07. The topological polar surface area (TPSA) is 85.6 Å². The fourth-order valence-electron chi connectivity index (χ4n) is 3.60. The Morgan fingerprint density at radius 1 is 0.970 bits per heavy atom. The summed E-state index contributed by atoms with van der Waals surface area (Å²) in [6, 6.07) is 19.1. The zero-order chi connectivity index (χ0) is 22.8. The average molecular weight is 438 g/mol. The van der Waals surface area contributed by atoms with Crippen molar-refractivity contribution in [3.63, 3.8) is 0 Å². The van der Waals surface area contributed by atoms with Gasteiger partial charge in [0.2, 0.25) is 5.91 Å². The number of amides is 1. The van der Waals surface area contributed by atoms with E-state index in [9.17, 15) is 9.18 Å². The Labute approximate surface area is 189 Å². The number of aromatic nitrogens is 5. The molecule has 0 radical (unpaired) electrons. The van der Waals surface area contributed by atoms with Crippen LogP contribution in [0.1, 0.15) is 11.4 Å². The predicted molar refractivity (Wildman–Crippen MR) is 123 cm³/mol. The maximum absolute atomic E-state index is 13.4. The molecule has 33 heavy (non-hydrogen) atoms. The molecule has 0 fully saturated rings. The van der Waals surface area contributed by atoms with Crippen LogP contribution < -0.4 is 5.32 Å². The summed E-state index contributed by atoms with van der Waals surface area (Å²) < 4.78 is 15.2. The SMILES string of the molecule is Cc1cccc(-n2nc(CC(=O)Nc3cccc(F)c3)cc2-c2ccc3nccnc3c2)n1. The zero-order valence-electron chi connectivity index (χ0n) is 17.7. The molecule has 3 aromatic heterocycles. The Hall–Kier alpha value is -4.46. The normalized spacial score (nSPS) is 11.0. The average Bonchev–Trinajstić information content (AvgIpc) is 3.22. The lowest BCUT2D eigenvalue weighted by Crippen LogP contribution is -2.15. The van der Waals surface area contributed by atoms with Gasteiger partial charge in [0, 0.05) is 29.3 Å². The van der Waals surface area contributed by atoms with E-state index in [0.717, 1.165) is 28.0 Å². The summed E-state index contributed by atoms with van der Waals surface area (Å²) in [6.07, 6.45) is 3.32. The van der Waals surface area contributed by atoms with Gasteiger partial charge in [0.25, 0.3) is 0 Å². The number of nitrogens with one attached hydrogen (secondary N) is 1. The molecule has 8 heteroatoms. The maximum Gasteiger partial charge on any atom is 0.230 e. The molecule has 3 heterocycles. The first-order valence-electron chi connectivity index (χ1n) is 10.3. The summed E-state index contributed by atoms with van der Waals surface area (Å²) in [6.45, 7) is 1.91. The minimum absolute atomic E-state index is 0.0235. The standard InChI is InChI=1S/C25H19FN6O/c1-16-4-2-7-24(29-16)32-23(17-8-9-21-22(12-17)28-11-10-27-21)14-20(31-32)15-25(33)30-19-6-3-5-18(26)13-19/h2-14H,15H2,1H3,(H,30,33). The number of halogens is 1. The number of pyridine rings is 1. The van der Waals surface area contributed by atoms with Crippen LogP contribution >= 0.6 is 0 Å². The Kier molecular flexibility index (Phi) is 5.32. The number of rotatable bonds is 5. The van der Waals surface area contributed by atoms with E-state index in [0.29, 0.717) is 17.2 Å². The second kappa shape index (κ2) is 8.58. The summed E-state index contributed by atoms with van der Waals surface area (Å²) in [7, 11) is 0. The molecular weight excluding hydrogens is 419 g/mol. The van der Waals surface area contributed by atoms with Gasteiger partial charge in [-0.1, -0.05) is 18.2 Å².